The highest BCUT2D eigenvalue weighted by molar-refractivity contribution is 5.83. The lowest BCUT2D eigenvalue weighted by Gasteiger charge is -2.24. The summed E-state index contributed by atoms with van der Waals surface area (Å²) in [5, 5.41) is 6.20. The number of amides is 2. The van der Waals surface area contributed by atoms with Crippen LogP contribution in [0.2, 0.25) is 0 Å². The topological polar surface area (TPSA) is 61.4 Å². The Labute approximate surface area is 162 Å². The van der Waals surface area contributed by atoms with Crippen LogP contribution in [0.5, 0.6) is 0 Å². The second kappa shape index (κ2) is 9.88. The van der Waals surface area contributed by atoms with E-state index in [-0.39, 0.29) is 29.8 Å². The van der Waals surface area contributed by atoms with Gasteiger partial charge in [0.15, 0.2) is 0 Å². The van der Waals surface area contributed by atoms with Crippen molar-refractivity contribution in [3.63, 3.8) is 0 Å². The molecule has 1 aliphatic heterocycles. The summed E-state index contributed by atoms with van der Waals surface area (Å²) in [6.07, 6.45) is 7.21. The molecule has 1 aromatic carbocycles. The molecule has 2 amide bonds. The van der Waals surface area contributed by atoms with Crippen LogP contribution in [0.25, 0.3) is 0 Å². The molecule has 3 rings (SSSR count). The lowest BCUT2D eigenvalue weighted by atomic mass is 9.88. The van der Waals surface area contributed by atoms with Gasteiger partial charge in [0.25, 0.3) is 0 Å². The van der Waals surface area contributed by atoms with Gasteiger partial charge in [0, 0.05) is 31.6 Å². The van der Waals surface area contributed by atoms with E-state index in [1.54, 1.807) is 0 Å². The average molecular weight is 372 g/mol. The van der Waals surface area contributed by atoms with Crippen LogP contribution in [-0.2, 0) is 16.0 Å². The standard InChI is InChI=1S/C22H33N3O2/c1-2-23-22(27)20-15-19(24-21(26)18-11-7-4-8-12-18)16-25(20)14-13-17-9-5-3-6-10-17/h3,5-6,9-10,18-20H,2,4,7-8,11-16H2,1H3,(H,23,27)(H,24,26)/t19-,20+/m1/s1. The minimum Gasteiger partial charge on any atom is -0.355 e. The molecule has 0 bridgehead atoms. The third-order valence-electron chi connectivity index (χ3n) is 5.91. The first kappa shape index (κ1) is 19.9. The first-order valence-corrected chi connectivity index (χ1v) is 10.5. The molecule has 1 heterocycles. The number of rotatable bonds is 7. The minimum absolute atomic E-state index is 0.0720. The van der Waals surface area contributed by atoms with Gasteiger partial charge in [-0.2, -0.15) is 0 Å². The monoisotopic (exact) mass is 371 g/mol. The van der Waals surface area contributed by atoms with Gasteiger partial charge in [0.1, 0.15) is 0 Å². The summed E-state index contributed by atoms with van der Waals surface area (Å²) < 4.78 is 0. The van der Waals surface area contributed by atoms with E-state index in [4.69, 9.17) is 0 Å². The van der Waals surface area contributed by atoms with Crippen molar-refractivity contribution in [1.29, 1.82) is 0 Å². The quantitative estimate of drug-likeness (QED) is 0.774. The van der Waals surface area contributed by atoms with Gasteiger partial charge in [-0.1, -0.05) is 49.6 Å². The van der Waals surface area contributed by atoms with Gasteiger partial charge in [-0.15, -0.1) is 0 Å². The predicted octanol–water partition coefficient (Wildman–Crippen LogP) is 2.50. The lowest BCUT2D eigenvalue weighted by Crippen LogP contribution is -2.43. The smallest absolute Gasteiger partial charge is 0.237 e. The normalized spacial score (nSPS) is 23.9. The molecule has 1 aromatic rings. The molecule has 1 saturated carbocycles. The van der Waals surface area contributed by atoms with E-state index in [0.29, 0.717) is 13.0 Å². The first-order valence-electron chi connectivity index (χ1n) is 10.5. The third-order valence-corrected chi connectivity index (χ3v) is 5.91. The fourth-order valence-electron chi connectivity index (χ4n) is 4.42. The number of carbonyl (C=O) groups is 2. The van der Waals surface area contributed by atoms with E-state index < -0.39 is 0 Å². The fraction of sp³-hybridized carbons (Fsp3) is 0.636. The Hall–Kier alpha value is -1.88. The number of nitrogens with one attached hydrogen (secondary N) is 2. The Morgan fingerprint density at radius 1 is 1.07 bits per heavy atom. The third kappa shape index (κ3) is 5.55. The van der Waals surface area contributed by atoms with Crippen molar-refractivity contribution in [2.75, 3.05) is 19.6 Å². The summed E-state index contributed by atoms with van der Waals surface area (Å²) in [5.41, 5.74) is 1.28. The van der Waals surface area contributed by atoms with Crippen LogP contribution in [0.4, 0.5) is 0 Å². The highest BCUT2D eigenvalue weighted by Gasteiger charge is 2.37. The zero-order chi connectivity index (χ0) is 19.1. The van der Waals surface area contributed by atoms with Gasteiger partial charge in [0.05, 0.1) is 6.04 Å². The molecule has 2 fully saturated rings. The Morgan fingerprint density at radius 2 is 1.81 bits per heavy atom. The zero-order valence-corrected chi connectivity index (χ0v) is 16.5. The van der Waals surface area contributed by atoms with Gasteiger partial charge in [-0.3, -0.25) is 14.5 Å². The molecule has 5 nitrogen and oxygen atoms in total. The number of hydrogen-bond donors (Lipinski definition) is 2. The summed E-state index contributed by atoms with van der Waals surface area (Å²) in [6.45, 7) is 4.18. The molecule has 0 spiro atoms. The second-order valence-electron chi connectivity index (χ2n) is 7.92. The molecule has 0 radical (unpaired) electrons. The molecular formula is C22H33N3O2. The summed E-state index contributed by atoms with van der Waals surface area (Å²) in [6, 6.07) is 10.3. The van der Waals surface area contributed by atoms with Crippen molar-refractivity contribution in [3.05, 3.63) is 35.9 Å². The van der Waals surface area contributed by atoms with Gasteiger partial charge in [-0.05, 0) is 38.2 Å². The summed E-state index contributed by atoms with van der Waals surface area (Å²) >= 11 is 0. The predicted molar refractivity (Wildman–Crippen MR) is 107 cm³/mol. The SMILES string of the molecule is CCNC(=O)[C@@H]1C[C@@H](NC(=O)C2CCCCC2)CN1CCc1ccccc1. The number of benzene rings is 1. The van der Waals surface area contributed by atoms with Crippen molar-refractivity contribution in [3.8, 4) is 0 Å². The molecule has 2 aliphatic rings. The Balaban J connectivity index is 1.58. The first-order chi connectivity index (χ1) is 13.2. The maximum Gasteiger partial charge on any atom is 0.237 e. The van der Waals surface area contributed by atoms with E-state index in [9.17, 15) is 9.59 Å². The van der Waals surface area contributed by atoms with Crippen LogP contribution < -0.4 is 10.6 Å². The molecule has 1 aliphatic carbocycles. The highest BCUT2D eigenvalue weighted by Crippen LogP contribution is 2.25. The maximum absolute atomic E-state index is 12.6. The van der Waals surface area contributed by atoms with Crippen molar-refractivity contribution >= 4 is 11.8 Å². The maximum atomic E-state index is 12.6. The van der Waals surface area contributed by atoms with Crippen molar-refractivity contribution in [2.45, 2.75) is 64.0 Å². The molecule has 1 saturated heterocycles. The number of likely N-dealkylation sites (tertiary alicyclic amines) is 1. The molecule has 148 valence electrons. The molecule has 5 heteroatoms. The van der Waals surface area contributed by atoms with Crippen molar-refractivity contribution < 1.29 is 9.59 Å². The van der Waals surface area contributed by atoms with Crippen LogP contribution >= 0.6 is 0 Å². The van der Waals surface area contributed by atoms with Crippen LogP contribution in [0, 0.1) is 5.92 Å². The summed E-state index contributed by atoms with van der Waals surface area (Å²) in [5.74, 6) is 0.444. The van der Waals surface area contributed by atoms with Crippen molar-refractivity contribution in [1.82, 2.24) is 15.5 Å². The van der Waals surface area contributed by atoms with Crippen LogP contribution in [0.3, 0.4) is 0 Å². The zero-order valence-electron chi connectivity index (χ0n) is 16.5. The molecule has 2 N–H and O–H groups in total. The highest BCUT2D eigenvalue weighted by atomic mass is 16.2. The fourth-order valence-corrected chi connectivity index (χ4v) is 4.42. The molecule has 0 unspecified atom stereocenters. The number of carbonyl (C=O) groups excluding carboxylic acids is 2. The van der Waals surface area contributed by atoms with E-state index in [1.165, 1.54) is 12.0 Å². The van der Waals surface area contributed by atoms with Gasteiger partial charge >= 0.3 is 0 Å². The van der Waals surface area contributed by atoms with Crippen LogP contribution in [0.1, 0.15) is 51.0 Å². The van der Waals surface area contributed by atoms with Gasteiger partial charge in [0.2, 0.25) is 11.8 Å². The van der Waals surface area contributed by atoms with E-state index in [1.807, 2.05) is 25.1 Å². The molecular weight excluding hydrogens is 338 g/mol. The lowest BCUT2D eigenvalue weighted by molar-refractivity contribution is -0.127. The van der Waals surface area contributed by atoms with E-state index in [0.717, 1.165) is 45.2 Å². The summed E-state index contributed by atoms with van der Waals surface area (Å²) in [4.78, 5) is 27.4. The van der Waals surface area contributed by atoms with Gasteiger partial charge < -0.3 is 10.6 Å². The summed E-state index contributed by atoms with van der Waals surface area (Å²) in [7, 11) is 0. The second-order valence-corrected chi connectivity index (χ2v) is 7.92. The van der Waals surface area contributed by atoms with Crippen LogP contribution in [-0.4, -0.2) is 48.4 Å². The van der Waals surface area contributed by atoms with E-state index >= 15 is 0 Å². The van der Waals surface area contributed by atoms with E-state index in [2.05, 4.69) is 27.7 Å². The molecule has 0 aromatic heterocycles. The Kier molecular flexibility index (Phi) is 7.27. The molecule has 2 atom stereocenters. The largest absolute Gasteiger partial charge is 0.355 e. The van der Waals surface area contributed by atoms with Crippen LogP contribution in [0.15, 0.2) is 30.3 Å². The number of likely N-dealkylation sites (N-methyl/N-ethyl adjacent to an activating group) is 1. The van der Waals surface area contributed by atoms with Gasteiger partial charge in [-0.25, -0.2) is 0 Å². The minimum atomic E-state index is -0.148. The number of hydrogen-bond acceptors (Lipinski definition) is 3. The Bertz CT molecular complexity index is 613. The van der Waals surface area contributed by atoms with Crippen molar-refractivity contribution in [2.24, 2.45) is 5.92 Å². The Morgan fingerprint density at radius 3 is 2.52 bits per heavy atom. The number of nitrogens with zero attached hydrogens (tertiary/aromatic N) is 1. The molecule has 27 heavy (non-hydrogen) atoms. The average Bonchev–Trinajstić information content (AvgIpc) is 3.11.